The average molecular weight is 515 g/mol. The summed E-state index contributed by atoms with van der Waals surface area (Å²) >= 11 is 0. The van der Waals surface area contributed by atoms with Gasteiger partial charge >= 0.3 is 0 Å². The van der Waals surface area contributed by atoms with Gasteiger partial charge in [0.05, 0.1) is 6.54 Å². The van der Waals surface area contributed by atoms with Crippen molar-refractivity contribution in [3.8, 4) is 0 Å². The minimum atomic E-state index is 0. The maximum absolute atomic E-state index is 4.90. The van der Waals surface area contributed by atoms with Crippen LogP contribution in [-0.2, 0) is 6.54 Å². The molecular weight excluding hydrogens is 475 g/mol. The van der Waals surface area contributed by atoms with Crippen LogP contribution in [0.3, 0.4) is 0 Å². The molecule has 0 aliphatic carbocycles. The van der Waals surface area contributed by atoms with Crippen molar-refractivity contribution < 1.29 is 0 Å². The number of likely N-dealkylation sites (tertiary alicyclic amines) is 1. The molecule has 3 rings (SSSR count). The van der Waals surface area contributed by atoms with Gasteiger partial charge < -0.3 is 15.5 Å². The number of benzene rings is 1. The third-order valence-corrected chi connectivity index (χ3v) is 6.02. The van der Waals surface area contributed by atoms with Crippen molar-refractivity contribution in [1.29, 1.82) is 0 Å². The van der Waals surface area contributed by atoms with E-state index in [0.717, 1.165) is 51.8 Å². The van der Waals surface area contributed by atoms with Gasteiger partial charge in [0.2, 0.25) is 0 Å². The van der Waals surface area contributed by atoms with E-state index in [-0.39, 0.29) is 24.0 Å². The first-order valence-corrected chi connectivity index (χ1v) is 10.8. The first-order valence-electron chi connectivity index (χ1n) is 10.8. The van der Waals surface area contributed by atoms with E-state index in [1.54, 1.807) is 0 Å². The van der Waals surface area contributed by atoms with Gasteiger partial charge in [-0.25, -0.2) is 0 Å². The van der Waals surface area contributed by atoms with Gasteiger partial charge in [0.1, 0.15) is 0 Å². The van der Waals surface area contributed by atoms with Crippen LogP contribution in [0.15, 0.2) is 35.3 Å². The molecule has 2 saturated heterocycles. The van der Waals surface area contributed by atoms with E-state index in [9.17, 15) is 0 Å². The predicted octanol–water partition coefficient (Wildman–Crippen LogP) is 2.07. The van der Waals surface area contributed by atoms with Crippen molar-refractivity contribution in [1.82, 2.24) is 25.3 Å². The number of piperazine rings is 1. The molecule has 164 valence electrons. The van der Waals surface area contributed by atoms with E-state index < -0.39 is 0 Å². The van der Waals surface area contributed by atoms with Gasteiger partial charge in [0.25, 0.3) is 0 Å². The number of hydrogen-bond donors (Lipinski definition) is 2. The minimum Gasteiger partial charge on any atom is -0.357 e. The predicted molar refractivity (Wildman–Crippen MR) is 133 cm³/mol. The molecule has 29 heavy (non-hydrogen) atoms. The fourth-order valence-electron chi connectivity index (χ4n) is 4.20. The second-order valence-corrected chi connectivity index (χ2v) is 8.25. The lowest BCUT2D eigenvalue weighted by Crippen LogP contribution is -2.52. The minimum absolute atomic E-state index is 0. The Morgan fingerprint density at radius 3 is 2.62 bits per heavy atom. The molecule has 2 heterocycles. The number of rotatable bonds is 7. The number of nitrogens with zero attached hydrogens (tertiary/aromatic N) is 4. The molecule has 0 spiro atoms. The van der Waals surface area contributed by atoms with Gasteiger partial charge in [-0.15, -0.1) is 24.0 Å². The molecule has 0 aromatic heterocycles. The second kappa shape index (κ2) is 12.7. The van der Waals surface area contributed by atoms with E-state index in [4.69, 9.17) is 4.99 Å². The Balaban J connectivity index is 0.00000300. The number of likely N-dealkylation sites (N-methyl/N-ethyl adjacent to an activating group) is 2. The molecular formula is C22H39IN6. The molecule has 6 nitrogen and oxygen atoms in total. The van der Waals surface area contributed by atoms with Gasteiger partial charge in [-0.05, 0) is 46.0 Å². The van der Waals surface area contributed by atoms with Gasteiger partial charge in [-0.3, -0.25) is 14.8 Å². The van der Waals surface area contributed by atoms with Crippen molar-refractivity contribution in [2.75, 3.05) is 59.9 Å². The third-order valence-electron chi connectivity index (χ3n) is 6.02. The first kappa shape index (κ1) is 24.4. The highest BCUT2D eigenvalue weighted by atomic mass is 127. The van der Waals surface area contributed by atoms with Crippen molar-refractivity contribution in [3.05, 3.63) is 35.9 Å². The van der Waals surface area contributed by atoms with E-state index in [1.807, 2.05) is 0 Å². The molecule has 0 saturated carbocycles. The fraction of sp³-hybridized carbons (Fsp3) is 0.682. The first-order chi connectivity index (χ1) is 13.7. The topological polar surface area (TPSA) is 46.1 Å². The molecule has 1 aromatic carbocycles. The maximum atomic E-state index is 4.90. The Labute approximate surface area is 194 Å². The zero-order valence-electron chi connectivity index (χ0n) is 18.3. The quantitative estimate of drug-likeness (QED) is 0.332. The van der Waals surface area contributed by atoms with Gasteiger partial charge in [-0.1, -0.05) is 30.3 Å². The summed E-state index contributed by atoms with van der Waals surface area (Å²) < 4.78 is 0. The largest absolute Gasteiger partial charge is 0.357 e. The van der Waals surface area contributed by atoms with Gasteiger partial charge in [-0.2, -0.15) is 0 Å². The van der Waals surface area contributed by atoms with Crippen LogP contribution in [0.25, 0.3) is 0 Å². The maximum Gasteiger partial charge on any atom is 0.191 e. The van der Waals surface area contributed by atoms with Crippen LogP contribution >= 0.6 is 24.0 Å². The number of guanidine groups is 1. The highest BCUT2D eigenvalue weighted by molar-refractivity contribution is 14.0. The molecule has 2 unspecified atom stereocenters. The fourth-order valence-corrected chi connectivity index (χ4v) is 4.20. The molecule has 2 N–H and O–H groups in total. The summed E-state index contributed by atoms with van der Waals surface area (Å²) in [5, 5.41) is 7.03. The number of halogens is 1. The Morgan fingerprint density at radius 1 is 1.07 bits per heavy atom. The average Bonchev–Trinajstić information content (AvgIpc) is 3.14. The van der Waals surface area contributed by atoms with Crippen molar-refractivity contribution in [2.45, 2.75) is 38.4 Å². The standard InChI is InChI=1S/C22H38N6.HI/c1-4-23-22(25-16-21-18-26(2)13-14-27(21)3)24-15-20-11-8-12-28(20)17-19-9-6-5-7-10-19;/h5-7,9-10,20-21H,4,8,11-18H2,1-3H3,(H2,23,24,25);1H. The van der Waals surface area contributed by atoms with Gasteiger partial charge in [0.15, 0.2) is 5.96 Å². The molecule has 0 bridgehead atoms. The Bertz CT molecular complexity index is 611. The summed E-state index contributed by atoms with van der Waals surface area (Å²) in [5.74, 6) is 0.954. The van der Waals surface area contributed by atoms with Crippen molar-refractivity contribution in [2.24, 2.45) is 4.99 Å². The Hall–Kier alpha value is -0.900. The number of nitrogens with one attached hydrogen (secondary N) is 2. The summed E-state index contributed by atoms with van der Waals surface area (Å²) in [6.07, 6.45) is 2.54. The summed E-state index contributed by atoms with van der Waals surface area (Å²) in [6, 6.07) is 11.9. The summed E-state index contributed by atoms with van der Waals surface area (Å²) in [5.41, 5.74) is 1.40. The zero-order chi connectivity index (χ0) is 19.8. The SMILES string of the molecule is CCNC(=NCC1CN(C)CCN1C)NCC1CCCN1Cc1ccccc1.I. The summed E-state index contributed by atoms with van der Waals surface area (Å²) in [7, 11) is 4.42. The lowest BCUT2D eigenvalue weighted by molar-refractivity contribution is 0.119. The van der Waals surface area contributed by atoms with Crippen LogP contribution in [-0.4, -0.2) is 92.7 Å². The third kappa shape index (κ3) is 7.70. The molecule has 0 radical (unpaired) electrons. The molecule has 1 aromatic rings. The number of aliphatic imine (C=N–C) groups is 1. The van der Waals surface area contributed by atoms with Crippen LogP contribution in [0.5, 0.6) is 0 Å². The molecule has 2 aliphatic rings. The van der Waals surface area contributed by atoms with Crippen LogP contribution < -0.4 is 10.6 Å². The van der Waals surface area contributed by atoms with Gasteiger partial charge in [0, 0.05) is 51.4 Å². The monoisotopic (exact) mass is 514 g/mol. The van der Waals surface area contributed by atoms with Crippen LogP contribution in [0.4, 0.5) is 0 Å². The van der Waals surface area contributed by atoms with Crippen molar-refractivity contribution in [3.63, 3.8) is 0 Å². The molecule has 7 heteroatoms. The highest BCUT2D eigenvalue weighted by Crippen LogP contribution is 2.19. The lowest BCUT2D eigenvalue weighted by Gasteiger charge is -2.37. The summed E-state index contributed by atoms with van der Waals surface area (Å²) in [6.45, 7) is 10.4. The van der Waals surface area contributed by atoms with Crippen LogP contribution in [0.1, 0.15) is 25.3 Å². The Kier molecular flexibility index (Phi) is 10.7. The second-order valence-electron chi connectivity index (χ2n) is 8.25. The Morgan fingerprint density at radius 2 is 1.86 bits per heavy atom. The van der Waals surface area contributed by atoms with E-state index in [0.29, 0.717) is 12.1 Å². The molecule has 2 fully saturated rings. The molecule has 0 amide bonds. The summed E-state index contributed by atoms with van der Waals surface area (Å²) in [4.78, 5) is 12.3. The highest BCUT2D eigenvalue weighted by Gasteiger charge is 2.25. The van der Waals surface area contributed by atoms with E-state index >= 15 is 0 Å². The van der Waals surface area contributed by atoms with Crippen molar-refractivity contribution >= 4 is 29.9 Å². The lowest BCUT2D eigenvalue weighted by atomic mass is 10.2. The molecule has 2 aliphatic heterocycles. The molecule has 2 atom stereocenters. The zero-order valence-corrected chi connectivity index (χ0v) is 20.6. The van der Waals surface area contributed by atoms with Crippen LogP contribution in [0.2, 0.25) is 0 Å². The van der Waals surface area contributed by atoms with E-state index in [1.165, 1.54) is 24.9 Å². The smallest absolute Gasteiger partial charge is 0.191 e. The van der Waals surface area contributed by atoms with E-state index in [2.05, 4.69) is 76.7 Å². The van der Waals surface area contributed by atoms with Crippen LogP contribution in [0, 0.1) is 0 Å². The number of hydrogen-bond acceptors (Lipinski definition) is 4. The normalized spacial score (nSPS) is 24.3.